The molecule has 0 aliphatic heterocycles. The Kier molecular flexibility index (Phi) is 5.27. The van der Waals surface area contributed by atoms with Crippen LogP contribution in [0.15, 0.2) is 23.1 Å². The third-order valence-electron chi connectivity index (χ3n) is 1.98. The van der Waals surface area contributed by atoms with Crippen molar-refractivity contribution in [2.45, 2.75) is 11.3 Å². The van der Waals surface area contributed by atoms with E-state index in [9.17, 15) is 13.4 Å². The topological polar surface area (TPSA) is 96.0 Å². The molecule has 1 unspecified atom stereocenters. The van der Waals surface area contributed by atoms with E-state index in [-0.39, 0.29) is 29.3 Å². The van der Waals surface area contributed by atoms with E-state index in [1.54, 1.807) is 0 Å². The molecule has 7 heteroatoms. The zero-order valence-electron chi connectivity index (χ0n) is 9.48. The maximum atomic E-state index is 13.0. The van der Waals surface area contributed by atoms with Gasteiger partial charge in [0, 0.05) is 17.1 Å². The van der Waals surface area contributed by atoms with Gasteiger partial charge in [0.05, 0.1) is 23.3 Å². The minimum atomic E-state index is -1.65. The van der Waals surface area contributed by atoms with Crippen molar-refractivity contribution in [3.8, 4) is 6.07 Å². The molecule has 1 aromatic carbocycles. The Morgan fingerprint density at radius 2 is 2.22 bits per heavy atom. The number of carbonyl (C=O) groups excluding carboxylic acids is 1. The van der Waals surface area contributed by atoms with Crippen LogP contribution in [0.25, 0.3) is 0 Å². The fourth-order valence-corrected chi connectivity index (χ4v) is 2.25. The molecule has 0 radical (unpaired) electrons. The van der Waals surface area contributed by atoms with Crippen LogP contribution in [0.2, 0.25) is 0 Å². The number of nitrogens with two attached hydrogens (primary N) is 1. The van der Waals surface area contributed by atoms with E-state index in [1.165, 1.54) is 6.07 Å². The van der Waals surface area contributed by atoms with Gasteiger partial charge in [0.2, 0.25) is 5.91 Å². The van der Waals surface area contributed by atoms with Crippen molar-refractivity contribution < 1.29 is 13.4 Å². The zero-order chi connectivity index (χ0) is 13.5. The predicted molar refractivity (Wildman–Crippen MR) is 65.3 cm³/mol. The van der Waals surface area contributed by atoms with Crippen molar-refractivity contribution in [2.75, 3.05) is 18.0 Å². The van der Waals surface area contributed by atoms with Gasteiger partial charge in [0.1, 0.15) is 11.6 Å². The van der Waals surface area contributed by atoms with Crippen LogP contribution in [0.1, 0.15) is 6.42 Å². The molecule has 3 N–H and O–H groups in total. The SMILES string of the molecule is N#CCCNC(=O)CS(=O)c1cc(N)cc(F)c1. The Morgan fingerprint density at radius 3 is 2.83 bits per heavy atom. The summed E-state index contributed by atoms with van der Waals surface area (Å²) in [6.07, 6.45) is 0.186. The lowest BCUT2D eigenvalue weighted by molar-refractivity contribution is -0.118. The van der Waals surface area contributed by atoms with Gasteiger partial charge in [0.15, 0.2) is 0 Å². The summed E-state index contributed by atoms with van der Waals surface area (Å²) in [6.45, 7) is 0.206. The number of amides is 1. The van der Waals surface area contributed by atoms with E-state index in [2.05, 4.69) is 5.32 Å². The normalized spacial score (nSPS) is 11.6. The van der Waals surface area contributed by atoms with Gasteiger partial charge in [-0.2, -0.15) is 5.26 Å². The van der Waals surface area contributed by atoms with Crippen LogP contribution < -0.4 is 11.1 Å². The van der Waals surface area contributed by atoms with Crippen LogP contribution in [0, 0.1) is 17.1 Å². The number of carbonyl (C=O) groups is 1. The van der Waals surface area contributed by atoms with Crippen LogP contribution >= 0.6 is 0 Å². The number of nitrogen functional groups attached to an aromatic ring is 1. The Balaban J connectivity index is 2.60. The molecule has 1 atom stereocenters. The standard InChI is InChI=1S/C11H12FN3O2S/c12-8-4-9(14)6-10(5-8)18(17)7-11(16)15-3-1-2-13/h4-6H,1,3,7,14H2,(H,15,16). The monoisotopic (exact) mass is 269 g/mol. The summed E-state index contributed by atoms with van der Waals surface area (Å²) in [4.78, 5) is 11.5. The fraction of sp³-hybridized carbons (Fsp3) is 0.273. The molecule has 0 bridgehead atoms. The first-order chi connectivity index (χ1) is 8.52. The van der Waals surface area contributed by atoms with Gasteiger partial charge in [-0.3, -0.25) is 9.00 Å². The van der Waals surface area contributed by atoms with Crippen molar-refractivity contribution in [3.05, 3.63) is 24.0 Å². The first kappa shape index (κ1) is 14.1. The van der Waals surface area contributed by atoms with Gasteiger partial charge in [-0.1, -0.05) is 0 Å². The molecule has 96 valence electrons. The average molecular weight is 269 g/mol. The van der Waals surface area contributed by atoms with E-state index < -0.39 is 22.5 Å². The highest BCUT2D eigenvalue weighted by molar-refractivity contribution is 7.85. The van der Waals surface area contributed by atoms with Gasteiger partial charge in [-0.25, -0.2) is 4.39 Å². The Bertz CT molecular complexity index is 493. The van der Waals surface area contributed by atoms with Crippen molar-refractivity contribution in [1.29, 1.82) is 5.26 Å². The molecule has 1 aromatic rings. The van der Waals surface area contributed by atoms with Crippen molar-refractivity contribution in [2.24, 2.45) is 0 Å². The molecule has 0 aromatic heterocycles. The first-order valence-electron chi connectivity index (χ1n) is 5.11. The lowest BCUT2D eigenvalue weighted by Crippen LogP contribution is -2.29. The van der Waals surface area contributed by atoms with Crippen molar-refractivity contribution >= 4 is 22.4 Å². The molecular weight excluding hydrogens is 257 g/mol. The van der Waals surface area contributed by atoms with E-state index in [0.717, 1.165) is 12.1 Å². The Hall–Kier alpha value is -1.94. The Labute approximate surface area is 106 Å². The molecule has 0 fully saturated rings. The lowest BCUT2D eigenvalue weighted by Gasteiger charge is -2.04. The van der Waals surface area contributed by atoms with Gasteiger partial charge in [-0.05, 0) is 18.2 Å². The van der Waals surface area contributed by atoms with Gasteiger partial charge in [-0.15, -0.1) is 0 Å². The number of halogens is 1. The number of rotatable bonds is 5. The number of hydrogen-bond acceptors (Lipinski definition) is 4. The highest BCUT2D eigenvalue weighted by Crippen LogP contribution is 2.14. The largest absolute Gasteiger partial charge is 0.399 e. The number of benzene rings is 1. The third-order valence-corrected chi connectivity index (χ3v) is 3.26. The molecular formula is C11H12FN3O2S. The first-order valence-corrected chi connectivity index (χ1v) is 6.43. The highest BCUT2D eigenvalue weighted by Gasteiger charge is 2.11. The fourth-order valence-electron chi connectivity index (χ4n) is 1.23. The number of nitrogens with one attached hydrogen (secondary N) is 1. The van der Waals surface area contributed by atoms with E-state index >= 15 is 0 Å². The molecule has 1 amide bonds. The van der Waals surface area contributed by atoms with Gasteiger partial charge in [0.25, 0.3) is 0 Å². The summed E-state index contributed by atoms with van der Waals surface area (Å²) < 4.78 is 24.8. The van der Waals surface area contributed by atoms with Gasteiger partial charge < -0.3 is 11.1 Å². The summed E-state index contributed by atoms with van der Waals surface area (Å²) >= 11 is 0. The van der Waals surface area contributed by atoms with Crippen LogP contribution in [-0.4, -0.2) is 22.4 Å². The van der Waals surface area contributed by atoms with Crippen molar-refractivity contribution in [3.63, 3.8) is 0 Å². The summed E-state index contributed by atoms with van der Waals surface area (Å²) in [6, 6.07) is 5.41. The van der Waals surface area contributed by atoms with Crippen LogP contribution in [-0.2, 0) is 15.6 Å². The second-order valence-electron chi connectivity index (χ2n) is 3.47. The quantitative estimate of drug-likeness (QED) is 0.602. The molecule has 0 aliphatic carbocycles. The molecule has 1 rings (SSSR count). The zero-order valence-corrected chi connectivity index (χ0v) is 10.3. The second-order valence-corrected chi connectivity index (χ2v) is 4.92. The molecule has 0 aliphatic rings. The molecule has 18 heavy (non-hydrogen) atoms. The highest BCUT2D eigenvalue weighted by atomic mass is 32.2. The Morgan fingerprint density at radius 1 is 1.50 bits per heavy atom. The van der Waals surface area contributed by atoms with Crippen LogP contribution in [0.4, 0.5) is 10.1 Å². The maximum Gasteiger partial charge on any atom is 0.233 e. The molecule has 5 nitrogen and oxygen atoms in total. The molecule has 0 spiro atoms. The predicted octanol–water partition coefficient (Wildman–Crippen LogP) is 0.545. The lowest BCUT2D eigenvalue weighted by atomic mass is 10.3. The molecule has 0 heterocycles. The summed E-state index contributed by atoms with van der Waals surface area (Å²) in [5, 5.41) is 10.7. The number of hydrogen-bond donors (Lipinski definition) is 2. The number of nitriles is 1. The summed E-state index contributed by atoms with van der Waals surface area (Å²) in [5.41, 5.74) is 5.57. The van der Waals surface area contributed by atoms with E-state index in [1.807, 2.05) is 6.07 Å². The molecule has 0 saturated heterocycles. The van der Waals surface area contributed by atoms with E-state index in [0.29, 0.717) is 0 Å². The smallest absolute Gasteiger partial charge is 0.233 e. The minimum Gasteiger partial charge on any atom is -0.399 e. The number of anilines is 1. The minimum absolute atomic E-state index is 0.156. The third kappa shape index (κ3) is 4.51. The second kappa shape index (κ2) is 6.71. The van der Waals surface area contributed by atoms with Crippen molar-refractivity contribution in [1.82, 2.24) is 5.32 Å². The maximum absolute atomic E-state index is 13.0. The van der Waals surface area contributed by atoms with Gasteiger partial charge >= 0.3 is 0 Å². The average Bonchev–Trinajstić information content (AvgIpc) is 2.28. The molecule has 0 saturated carbocycles. The number of nitrogens with zero attached hydrogens (tertiary/aromatic N) is 1. The summed E-state index contributed by atoms with van der Waals surface area (Å²) in [5.74, 6) is -1.33. The van der Waals surface area contributed by atoms with E-state index in [4.69, 9.17) is 11.0 Å². The summed E-state index contributed by atoms with van der Waals surface area (Å²) in [7, 11) is -1.65. The van der Waals surface area contributed by atoms with Crippen LogP contribution in [0.5, 0.6) is 0 Å². The van der Waals surface area contributed by atoms with Crippen LogP contribution in [0.3, 0.4) is 0 Å².